The topological polar surface area (TPSA) is 49.6 Å². The molecule has 8 aromatic rings. The van der Waals surface area contributed by atoms with E-state index in [0.717, 1.165) is 51.7 Å². The highest BCUT2D eigenvalue weighted by molar-refractivity contribution is 7.27. The lowest BCUT2D eigenvalue weighted by Gasteiger charge is -2.33. The number of hydrogen-bond acceptors (Lipinski definition) is 5. The number of nitrogens with zero attached hydrogens (tertiary/aromatic N) is 1. The molecule has 0 spiro atoms. The van der Waals surface area contributed by atoms with Crippen LogP contribution < -0.4 is 10.6 Å². The Morgan fingerprint density at radius 1 is 0.640 bits per heavy atom. The monoisotopic (exact) mass is 663 g/mol. The molecule has 10 rings (SSSR count). The Morgan fingerprint density at radius 3 is 2.26 bits per heavy atom. The van der Waals surface area contributed by atoms with Crippen LogP contribution in [-0.4, -0.2) is 12.0 Å². The zero-order valence-electron chi connectivity index (χ0n) is 27.3. The van der Waals surface area contributed by atoms with Gasteiger partial charge in [-0.25, -0.2) is 4.99 Å². The minimum absolute atomic E-state index is 0.0830. The number of benzene rings is 6. The Morgan fingerprint density at radius 2 is 1.40 bits per heavy atom. The Hall–Kier alpha value is -5.75. The molecule has 1 aliphatic carbocycles. The lowest BCUT2D eigenvalue weighted by molar-refractivity contribution is 0.425. The van der Waals surface area contributed by atoms with Gasteiger partial charge in [0, 0.05) is 36.5 Å². The normalized spacial score (nSPS) is 17.7. The number of fused-ring (bicyclic) bond motifs is 6. The fraction of sp³-hybridized carbons (Fsp3) is 0.0889. The van der Waals surface area contributed by atoms with Gasteiger partial charge < -0.3 is 9.73 Å². The molecule has 240 valence electrons. The van der Waals surface area contributed by atoms with E-state index >= 15 is 0 Å². The number of thiophene rings is 1. The van der Waals surface area contributed by atoms with Crippen LogP contribution in [0.3, 0.4) is 0 Å². The van der Waals surface area contributed by atoms with E-state index in [1.807, 2.05) is 23.5 Å². The molecule has 0 fully saturated rings. The predicted molar refractivity (Wildman–Crippen MR) is 210 cm³/mol. The summed E-state index contributed by atoms with van der Waals surface area (Å²) in [6.07, 6.45) is 8.45. The van der Waals surface area contributed by atoms with Crippen LogP contribution in [0.5, 0.6) is 0 Å². The molecule has 2 aromatic heterocycles. The maximum absolute atomic E-state index is 6.33. The molecule has 2 N–H and O–H groups in total. The first-order valence-electron chi connectivity index (χ1n) is 17.3. The van der Waals surface area contributed by atoms with E-state index in [0.29, 0.717) is 0 Å². The van der Waals surface area contributed by atoms with Crippen LogP contribution in [-0.2, 0) is 0 Å². The summed E-state index contributed by atoms with van der Waals surface area (Å²) < 4.78 is 8.85. The lowest BCUT2D eigenvalue weighted by atomic mass is 9.95. The molecule has 1 aliphatic heterocycles. The molecule has 5 heteroatoms. The van der Waals surface area contributed by atoms with E-state index in [-0.39, 0.29) is 12.3 Å². The molecule has 2 unspecified atom stereocenters. The van der Waals surface area contributed by atoms with Crippen LogP contribution >= 0.6 is 11.3 Å². The van der Waals surface area contributed by atoms with Crippen LogP contribution in [0.25, 0.3) is 64.4 Å². The van der Waals surface area contributed by atoms with Crippen molar-refractivity contribution in [3.63, 3.8) is 0 Å². The van der Waals surface area contributed by atoms with Crippen LogP contribution in [0.15, 0.2) is 167 Å². The van der Waals surface area contributed by atoms with E-state index < -0.39 is 0 Å². The molecule has 50 heavy (non-hydrogen) atoms. The van der Waals surface area contributed by atoms with Crippen LogP contribution in [0.2, 0.25) is 0 Å². The van der Waals surface area contributed by atoms with Crippen molar-refractivity contribution in [3.8, 4) is 22.3 Å². The highest BCUT2D eigenvalue weighted by Crippen LogP contribution is 2.46. The van der Waals surface area contributed by atoms with Crippen molar-refractivity contribution in [2.24, 2.45) is 4.99 Å². The van der Waals surface area contributed by atoms with Gasteiger partial charge in [-0.05, 0) is 70.5 Å². The largest absolute Gasteiger partial charge is 0.456 e. The summed E-state index contributed by atoms with van der Waals surface area (Å²) in [6.45, 7) is 0. The molecular formula is C45H33N3OS. The summed E-state index contributed by atoms with van der Waals surface area (Å²) in [5.74, 6) is 0.913. The van der Waals surface area contributed by atoms with E-state index in [1.54, 1.807) is 0 Å². The minimum Gasteiger partial charge on any atom is -0.456 e. The molecule has 4 nitrogen and oxygen atoms in total. The first-order valence-corrected chi connectivity index (χ1v) is 18.1. The maximum Gasteiger partial charge on any atom is 0.136 e. The first kappa shape index (κ1) is 29.2. The third-order valence-corrected chi connectivity index (χ3v) is 11.3. The third kappa shape index (κ3) is 4.89. The second-order valence-corrected chi connectivity index (χ2v) is 14.1. The van der Waals surface area contributed by atoms with Gasteiger partial charge in [-0.3, -0.25) is 5.32 Å². The third-order valence-electron chi connectivity index (χ3n) is 10.1. The van der Waals surface area contributed by atoms with Crippen molar-refractivity contribution >= 4 is 59.3 Å². The van der Waals surface area contributed by atoms with Crippen molar-refractivity contribution in [2.45, 2.75) is 25.2 Å². The first-order chi connectivity index (χ1) is 24.8. The molecule has 0 saturated heterocycles. The Bertz CT molecular complexity index is 2660. The zero-order chi connectivity index (χ0) is 33.0. The second kappa shape index (κ2) is 12.0. The summed E-state index contributed by atoms with van der Waals surface area (Å²) in [5, 5.41) is 12.4. The van der Waals surface area contributed by atoms with Crippen molar-refractivity contribution < 1.29 is 4.42 Å². The van der Waals surface area contributed by atoms with Crippen LogP contribution in [0, 0.1) is 0 Å². The average molecular weight is 664 g/mol. The number of allylic oxidation sites excluding steroid dienone is 3. The van der Waals surface area contributed by atoms with Gasteiger partial charge in [0.15, 0.2) is 0 Å². The SMILES string of the molecule is C1=CCCC(C2N=C(c3ccc(-c4ccccc4)c4sc5c(-c6ccc7c(c6)oc6ccccc67)cccc5c34)NC(c3ccccc3)N2)=C1. The Labute approximate surface area is 294 Å². The summed E-state index contributed by atoms with van der Waals surface area (Å²) in [7, 11) is 0. The molecule has 2 aliphatic rings. The van der Waals surface area contributed by atoms with Gasteiger partial charge in [-0.1, -0.05) is 127 Å². The van der Waals surface area contributed by atoms with Crippen molar-refractivity contribution in [1.82, 2.24) is 10.6 Å². The summed E-state index contributed by atoms with van der Waals surface area (Å²) in [5.41, 5.74) is 10.2. The van der Waals surface area contributed by atoms with Crippen LogP contribution in [0.4, 0.5) is 0 Å². The standard InChI is InChI=1S/C45H33N3OS/c1-4-13-28(14-5-1)33-25-26-37(45-47-43(29-15-6-2-7-16-29)46-44(48-45)30-17-8-3-9-18-30)40-36-21-12-20-32(41(36)50-42(33)40)31-23-24-35-34-19-10-11-22-38(34)49-39(35)27-31/h1-8,10-17,19-27,43-44,46H,9,18H2,(H,47,48). The lowest BCUT2D eigenvalue weighted by Crippen LogP contribution is -2.49. The predicted octanol–water partition coefficient (Wildman–Crippen LogP) is 11.5. The van der Waals surface area contributed by atoms with Gasteiger partial charge >= 0.3 is 0 Å². The molecule has 0 amide bonds. The Balaban J connectivity index is 1.20. The zero-order valence-corrected chi connectivity index (χ0v) is 28.1. The quantitative estimate of drug-likeness (QED) is 0.193. The summed E-state index contributed by atoms with van der Waals surface area (Å²) in [6, 6.07) is 47.6. The van der Waals surface area contributed by atoms with Crippen molar-refractivity contribution in [2.75, 3.05) is 0 Å². The van der Waals surface area contributed by atoms with Gasteiger partial charge in [-0.2, -0.15) is 0 Å². The molecular weight excluding hydrogens is 631 g/mol. The maximum atomic E-state index is 6.33. The van der Waals surface area contributed by atoms with Crippen molar-refractivity contribution in [1.29, 1.82) is 0 Å². The second-order valence-electron chi connectivity index (χ2n) is 13.1. The number of rotatable bonds is 5. The Kier molecular flexibility index (Phi) is 7.00. The molecule has 0 saturated carbocycles. The van der Waals surface area contributed by atoms with Crippen LogP contribution in [0.1, 0.15) is 30.1 Å². The molecule has 0 radical (unpaired) electrons. The number of nitrogens with one attached hydrogen (secondary N) is 2. The van der Waals surface area contributed by atoms with Gasteiger partial charge in [0.1, 0.15) is 29.3 Å². The molecule has 2 atom stereocenters. The molecule has 0 bridgehead atoms. The van der Waals surface area contributed by atoms with E-state index in [1.165, 1.54) is 48.0 Å². The van der Waals surface area contributed by atoms with E-state index in [2.05, 4.69) is 150 Å². The van der Waals surface area contributed by atoms with E-state index in [9.17, 15) is 0 Å². The number of aliphatic imine (C=N–C) groups is 1. The average Bonchev–Trinajstić information content (AvgIpc) is 3.77. The summed E-state index contributed by atoms with van der Waals surface area (Å²) >= 11 is 1.87. The highest BCUT2D eigenvalue weighted by atomic mass is 32.1. The van der Waals surface area contributed by atoms with Gasteiger partial charge in [-0.15, -0.1) is 11.3 Å². The van der Waals surface area contributed by atoms with Gasteiger partial charge in [0.25, 0.3) is 0 Å². The minimum atomic E-state index is -0.124. The van der Waals surface area contributed by atoms with Crippen molar-refractivity contribution in [3.05, 3.63) is 168 Å². The number of para-hydroxylation sites is 1. The number of furan rings is 1. The highest BCUT2D eigenvalue weighted by Gasteiger charge is 2.29. The fourth-order valence-electron chi connectivity index (χ4n) is 7.62. The number of amidine groups is 1. The van der Waals surface area contributed by atoms with Gasteiger partial charge in [0.2, 0.25) is 0 Å². The fourth-order valence-corrected chi connectivity index (χ4v) is 9.01. The van der Waals surface area contributed by atoms with Gasteiger partial charge in [0.05, 0.1) is 0 Å². The smallest absolute Gasteiger partial charge is 0.136 e. The molecule has 6 aromatic carbocycles. The summed E-state index contributed by atoms with van der Waals surface area (Å²) in [4.78, 5) is 5.41. The van der Waals surface area contributed by atoms with E-state index in [4.69, 9.17) is 9.41 Å². The molecule has 3 heterocycles. The number of hydrogen-bond donors (Lipinski definition) is 2.